The molecule has 0 atom stereocenters. The maximum absolute atomic E-state index is 13.0. The zero-order chi connectivity index (χ0) is 23.3. The van der Waals surface area contributed by atoms with E-state index in [1.54, 1.807) is 25.3 Å². The summed E-state index contributed by atoms with van der Waals surface area (Å²) in [6, 6.07) is 13.8. The lowest BCUT2D eigenvalue weighted by atomic mass is 9.81. The Labute approximate surface area is 197 Å². The molecule has 9 heteroatoms. The van der Waals surface area contributed by atoms with Gasteiger partial charge in [-0.15, -0.1) is 10.2 Å². The topological polar surface area (TPSA) is 97.2 Å². The molecule has 4 rings (SSSR count). The van der Waals surface area contributed by atoms with E-state index in [0.29, 0.717) is 17.5 Å². The predicted octanol–water partition coefficient (Wildman–Crippen LogP) is 4.37. The van der Waals surface area contributed by atoms with Crippen LogP contribution in [0.4, 0.5) is 0 Å². The Morgan fingerprint density at radius 3 is 2.79 bits per heavy atom. The van der Waals surface area contributed by atoms with Crippen LogP contribution in [0.15, 0.2) is 52.2 Å². The van der Waals surface area contributed by atoms with Gasteiger partial charge in [0.05, 0.1) is 31.7 Å². The van der Waals surface area contributed by atoms with E-state index in [0.717, 1.165) is 49.2 Å². The maximum Gasteiger partial charge on any atom is 0.234 e. The lowest BCUT2D eigenvalue weighted by Gasteiger charge is -2.39. The van der Waals surface area contributed by atoms with E-state index in [2.05, 4.69) is 16.3 Å². The van der Waals surface area contributed by atoms with Gasteiger partial charge in [0.2, 0.25) is 5.91 Å². The minimum atomic E-state index is -0.705. The zero-order valence-electron chi connectivity index (χ0n) is 18.9. The van der Waals surface area contributed by atoms with Gasteiger partial charge in [0.15, 0.2) is 11.0 Å². The summed E-state index contributed by atoms with van der Waals surface area (Å²) in [4.78, 5) is 14.7. The zero-order valence-corrected chi connectivity index (χ0v) is 19.7. The Bertz CT molecular complexity index is 1130. The van der Waals surface area contributed by atoms with Gasteiger partial charge in [-0.05, 0) is 37.1 Å². The first-order valence-electron chi connectivity index (χ1n) is 11.0. The van der Waals surface area contributed by atoms with Gasteiger partial charge < -0.3 is 14.1 Å². The largest absolute Gasteiger partial charge is 0.497 e. The van der Waals surface area contributed by atoms with E-state index in [9.17, 15) is 10.1 Å². The second-order valence-corrected chi connectivity index (χ2v) is 9.09. The third-order valence-corrected chi connectivity index (χ3v) is 7.12. The molecule has 172 valence electrons. The van der Waals surface area contributed by atoms with Crippen molar-refractivity contribution in [1.82, 2.24) is 19.7 Å². The molecule has 1 aromatic carbocycles. The summed E-state index contributed by atoms with van der Waals surface area (Å²) in [5.74, 6) is 2.23. The van der Waals surface area contributed by atoms with Crippen LogP contribution in [0, 0.1) is 11.3 Å². The monoisotopic (exact) mass is 465 g/mol. The minimum absolute atomic E-state index is 0.0843. The highest BCUT2D eigenvalue weighted by atomic mass is 32.2. The third-order valence-electron chi connectivity index (χ3n) is 6.17. The SMILES string of the molecule is COc1cccc(-c2nnc(SCC(=O)N(C)C3(C#N)CCCCC3)n2Cc2ccco2)c1. The molecule has 0 bridgehead atoms. The van der Waals surface area contributed by atoms with Gasteiger partial charge >= 0.3 is 0 Å². The van der Waals surface area contributed by atoms with Crippen LogP contribution in [0.3, 0.4) is 0 Å². The van der Waals surface area contributed by atoms with Crippen LogP contribution in [0.2, 0.25) is 0 Å². The number of benzene rings is 1. The molecule has 3 aromatic rings. The molecule has 0 radical (unpaired) electrons. The number of carbonyl (C=O) groups excluding carboxylic acids is 1. The van der Waals surface area contributed by atoms with Gasteiger partial charge in [0, 0.05) is 12.6 Å². The average molecular weight is 466 g/mol. The number of methoxy groups -OCH3 is 1. The fraction of sp³-hybridized carbons (Fsp3) is 0.417. The first-order chi connectivity index (χ1) is 16.1. The molecule has 33 heavy (non-hydrogen) atoms. The Kier molecular flexibility index (Phi) is 7.04. The molecule has 1 amide bonds. The molecule has 2 aromatic heterocycles. The number of carbonyl (C=O) groups is 1. The van der Waals surface area contributed by atoms with Gasteiger partial charge in [-0.25, -0.2) is 0 Å². The summed E-state index contributed by atoms with van der Waals surface area (Å²) in [6.45, 7) is 0.432. The van der Waals surface area contributed by atoms with Crippen molar-refractivity contribution in [2.75, 3.05) is 19.9 Å². The van der Waals surface area contributed by atoms with Crippen molar-refractivity contribution < 1.29 is 13.9 Å². The molecule has 0 spiro atoms. The summed E-state index contributed by atoms with van der Waals surface area (Å²) in [5.41, 5.74) is 0.151. The van der Waals surface area contributed by atoms with Crippen LogP contribution >= 0.6 is 11.8 Å². The summed E-state index contributed by atoms with van der Waals surface area (Å²) in [7, 11) is 3.36. The highest BCUT2D eigenvalue weighted by molar-refractivity contribution is 7.99. The molecule has 1 aliphatic carbocycles. The summed E-state index contributed by atoms with van der Waals surface area (Å²) in [5, 5.41) is 19.2. The molecule has 0 saturated heterocycles. The van der Waals surface area contributed by atoms with Crippen molar-refractivity contribution in [3.8, 4) is 23.2 Å². The number of amides is 1. The molecule has 8 nitrogen and oxygen atoms in total. The van der Waals surface area contributed by atoms with Gasteiger partial charge in [-0.3, -0.25) is 9.36 Å². The van der Waals surface area contributed by atoms with Crippen LogP contribution < -0.4 is 4.74 Å². The summed E-state index contributed by atoms with van der Waals surface area (Å²) < 4.78 is 12.8. The molecule has 0 N–H and O–H groups in total. The van der Waals surface area contributed by atoms with Crippen molar-refractivity contribution in [2.45, 2.75) is 49.3 Å². The number of thioether (sulfide) groups is 1. The summed E-state index contributed by atoms with van der Waals surface area (Å²) >= 11 is 1.32. The summed E-state index contributed by atoms with van der Waals surface area (Å²) in [6.07, 6.45) is 6.14. The number of hydrogen-bond donors (Lipinski definition) is 0. The fourth-order valence-corrected chi connectivity index (χ4v) is 5.04. The van der Waals surface area contributed by atoms with E-state index in [1.165, 1.54) is 11.8 Å². The number of ether oxygens (including phenoxy) is 1. The number of nitrogens with zero attached hydrogens (tertiary/aromatic N) is 5. The molecule has 1 fully saturated rings. The predicted molar refractivity (Wildman–Crippen MR) is 125 cm³/mol. The Balaban J connectivity index is 1.56. The van der Waals surface area contributed by atoms with E-state index < -0.39 is 5.54 Å². The maximum atomic E-state index is 13.0. The van der Waals surface area contributed by atoms with Crippen LogP contribution in [0.25, 0.3) is 11.4 Å². The molecule has 1 saturated carbocycles. The molecule has 0 unspecified atom stereocenters. The minimum Gasteiger partial charge on any atom is -0.497 e. The number of furan rings is 1. The van der Waals surface area contributed by atoms with Gasteiger partial charge in [0.1, 0.15) is 17.0 Å². The first-order valence-corrected chi connectivity index (χ1v) is 12.0. The first kappa shape index (κ1) is 22.9. The fourth-order valence-electron chi connectivity index (χ4n) is 4.19. The highest BCUT2D eigenvalue weighted by Gasteiger charge is 2.38. The standard InChI is InChI=1S/C24H27N5O3S/c1-28(24(17-25)11-4-3-5-12-24)21(30)16-33-23-27-26-22(18-8-6-9-19(14-18)31-2)29(23)15-20-10-7-13-32-20/h6-10,13-14H,3-5,11-12,15-16H2,1-2H3. The Hall–Kier alpha value is -3.25. The van der Waals surface area contributed by atoms with Crippen molar-refractivity contribution in [1.29, 1.82) is 5.26 Å². The van der Waals surface area contributed by atoms with Gasteiger partial charge in [-0.1, -0.05) is 43.2 Å². The molecule has 2 heterocycles. The van der Waals surface area contributed by atoms with E-state index >= 15 is 0 Å². The lowest BCUT2D eigenvalue weighted by Crippen LogP contribution is -2.50. The van der Waals surface area contributed by atoms with E-state index in [1.807, 2.05) is 41.0 Å². The van der Waals surface area contributed by atoms with Gasteiger partial charge in [0.25, 0.3) is 0 Å². The lowest BCUT2D eigenvalue weighted by molar-refractivity contribution is -0.131. The number of aromatic nitrogens is 3. The van der Waals surface area contributed by atoms with Crippen LogP contribution in [-0.2, 0) is 11.3 Å². The van der Waals surface area contributed by atoms with Crippen molar-refractivity contribution >= 4 is 17.7 Å². The number of rotatable bonds is 8. The van der Waals surface area contributed by atoms with E-state index in [-0.39, 0.29) is 11.7 Å². The van der Waals surface area contributed by atoms with E-state index in [4.69, 9.17) is 9.15 Å². The highest BCUT2D eigenvalue weighted by Crippen LogP contribution is 2.33. The molecule has 1 aliphatic rings. The number of hydrogen-bond acceptors (Lipinski definition) is 7. The van der Waals surface area contributed by atoms with Crippen LogP contribution in [0.5, 0.6) is 5.75 Å². The van der Waals surface area contributed by atoms with Crippen molar-refractivity contribution in [3.63, 3.8) is 0 Å². The molecular weight excluding hydrogens is 438 g/mol. The smallest absolute Gasteiger partial charge is 0.234 e. The Morgan fingerprint density at radius 1 is 1.27 bits per heavy atom. The van der Waals surface area contributed by atoms with Crippen molar-refractivity contribution in [3.05, 3.63) is 48.4 Å². The number of nitriles is 1. The van der Waals surface area contributed by atoms with Gasteiger partial charge in [-0.2, -0.15) is 5.26 Å². The quantitative estimate of drug-likeness (QED) is 0.456. The molecule has 0 aliphatic heterocycles. The van der Waals surface area contributed by atoms with Crippen LogP contribution in [0.1, 0.15) is 37.9 Å². The second-order valence-electron chi connectivity index (χ2n) is 8.15. The molecular formula is C24H27N5O3S. The Morgan fingerprint density at radius 2 is 2.09 bits per heavy atom. The normalized spacial score (nSPS) is 15.1. The third kappa shape index (κ3) is 4.91. The second kappa shape index (κ2) is 10.1. The average Bonchev–Trinajstić information content (AvgIpc) is 3.53. The van der Waals surface area contributed by atoms with Crippen molar-refractivity contribution in [2.24, 2.45) is 0 Å². The van der Waals surface area contributed by atoms with Crippen LogP contribution in [-0.4, -0.2) is 51.0 Å².